The van der Waals surface area contributed by atoms with Crippen molar-refractivity contribution in [2.45, 2.75) is 32.7 Å². The molecule has 1 aliphatic heterocycles. The maximum Gasteiger partial charge on any atom is 0.228 e. The maximum atomic E-state index is 12.6. The van der Waals surface area contributed by atoms with Crippen LogP contribution in [-0.4, -0.2) is 56.4 Å². The molecular weight excluding hydrogens is 322 g/mol. The van der Waals surface area contributed by atoms with Crippen molar-refractivity contribution in [3.05, 3.63) is 34.3 Å². The minimum Gasteiger partial charge on any atom is -0.341 e. The lowest BCUT2D eigenvalue weighted by atomic mass is 10.3. The van der Waals surface area contributed by atoms with Crippen molar-refractivity contribution < 1.29 is 4.79 Å². The van der Waals surface area contributed by atoms with Crippen LogP contribution in [0, 0.1) is 0 Å². The first-order chi connectivity index (χ1) is 11.7. The van der Waals surface area contributed by atoms with Crippen LogP contribution >= 0.6 is 11.3 Å². The normalized spacial score (nSPS) is 16.3. The van der Waals surface area contributed by atoms with Crippen LogP contribution in [0.5, 0.6) is 0 Å². The molecule has 1 amide bonds. The summed E-state index contributed by atoms with van der Waals surface area (Å²) in [6.45, 7) is 6.46. The zero-order valence-electron chi connectivity index (χ0n) is 14.4. The van der Waals surface area contributed by atoms with Gasteiger partial charge >= 0.3 is 0 Å². The summed E-state index contributed by atoms with van der Waals surface area (Å²) in [5.74, 6) is 1.27. The van der Waals surface area contributed by atoms with Crippen LogP contribution in [0.25, 0.3) is 0 Å². The third-order valence-electron chi connectivity index (χ3n) is 4.46. The molecule has 1 saturated heterocycles. The van der Waals surface area contributed by atoms with Crippen LogP contribution in [0.2, 0.25) is 0 Å². The zero-order valence-corrected chi connectivity index (χ0v) is 15.3. The Kier molecular flexibility index (Phi) is 5.63. The highest BCUT2D eigenvalue weighted by Crippen LogP contribution is 2.13. The molecule has 1 aliphatic rings. The van der Waals surface area contributed by atoms with Crippen LogP contribution in [0.4, 0.5) is 0 Å². The number of amides is 1. The second kappa shape index (κ2) is 7.90. The van der Waals surface area contributed by atoms with Gasteiger partial charge in [0.25, 0.3) is 0 Å². The number of hydrogen-bond acceptors (Lipinski definition) is 5. The first kappa shape index (κ1) is 17.1. The largest absolute Gasteiger partial charge is 0.341 e. The average molecular weight is 347 g/mol. The topological polar surface area (TPSA) is 54.3 Å². The van der Waals surface area contributed by atoms with Gasteiger partial charge < -0.3 is 9.47 Å². The van der Waals surface area contributed by atoms with Crippen LogP contribution in [0.1, 0.15) is 29.9 Å². The van der Waals surface area contributed by atoms with E-state index in [0.29, 0.717) is 6.42 Å². The van der Waals surface area contributed by atoms with Crippen molar-refractivity contribution >= 4 is 17.2 Å². The van der Waals surface area contributed by atoms with Crippen molar-refractivity contribution in [2.24, 2.45) is 7.05 Å². The fourth-order valence-corrected chi connectivity index (χ4v) is 3.73. The summed E-state index contributed by atoms with van der Waals surface area (Å²) in [6, 6.07) is 0. The molecule has 0 aliphatic carbocycles. The van der Waals surface area contributed by atoms with Crippen LogP contribution in [-0.2, 0) is 31.2 Å². The van der Waals surface area contributed by atoms with Gasteiger partial charge in [-0.3, -0.25) is 9.69 Å². The lowest BCUT2D eigenvalue weighted by Crippen LogP contribution is -2.36. The smallest absolute Gasteiger partial charge is 0.228 e. The molecule has 3 rings (SSSR count). The number of rotatable bonds is 5. The molecule has 2 aromatic heterocycles. The summed E-state index contributed by atoms with van der Waals surface area (Å²) in [5.41, 5.74) is 0.913. The molecule has 0 bridgehead atoms. The third-order valence-corrected chi connectivity index (χ3v) is 5.50. The molecule has 1 fully saturated rings. The van der Waals surface area contributed by atoms with Crippen LogP contribution < -0.4 is 0 Å². The van der Waals surface area contributed by atoms with E-state index in [0.717, 1.165) is 62.1 Å². The Hall–Kier alpha value is -1.73. The molecule has 130 valence electrons. The van der Waals surface area contributed by atoms with Gasteiger partial charge in [-0.1, -0.05) is 6.92 Å². The number of hydrogen-bond donors (Lipinski definition) is 0. The standard InChI is InChI=1S/C17H25N5OS/c1-3-16-19-14(13-24-16)11-17(23)22-7-4-6-21(9-10-22)12-15-18-5-8-20(15)2/h5,8,13H,3-4,6-7,9-12H2,1-2H3. The van der Waals surface area contributed by atoms with Crippen LogP contribution in [0.15, 0.2) is 17.8 Å². The van der Waals surface area contributed by atoms with Gasteiger partial charge in [0.2, 0.25) is 5.91 Å². The molecular formula is C17H25N5OS. The summed E-state index contributed by atoms with van der Waals surface area (Å²) in [6.07, 6.45) is 6.18. The van der Waals surface area contributed by atoms with Crippen molar-refractivity contribution in [3.8, 4) is 0 Å². The van der Waals surface area contributed by atoms with Gasteiger partial charge in [-0.25, -0.2) is 9.97 Å². The van der Waals surface area contributed by atoms with Gasteiger partial charge in [0.15, 0.2) is 0 Å². The fraction of sp³-hybridized carbons (Fsp3) is 0.588. The van der Waals surface area contributed by atoms with Crippen molar-refractivity contribution in [2.75, 3.05) is 26.2 Å². The highest BCUT2D eigenvalue weighted by Gasteiger charge is 2.20. The summed E-state index contributed by atoms with van der Waals surface area (Å²) >= 11 is 1.65. The lowest BCUT2D eigenvalue weighted by molar-refractivity contribution is -0.130. The average Bonchev–Trinajstić information content (AvgIpc) is 3.11. The Morgan fingerprint density at radius 1 is 1.29 bits per heavy atom. The number of thiazole rings is 1. The number of aromatic nitrogens is 3. The number of imidazole rings is 1. The fourth-order valence-electron chi connectivity index (χ4n) is 2.99. The molecule has 7 heteroatoms. The van der Waals surface area contributed by atoms with Crippen LogP contribution in [0.3, 0.4) is 0 Å². The molecule has 0 unspecified atom stereocenters. The summed E-state index contributed by atoms with van der Waals surface area (Å²) in [5, 5.41) is 3.12. The van der Waals surface area contributed by atoms with Gasteiger partial charge in [-0.15, -0.1) is 11.3 Å². The molecule has 0 spiro atoms. The summed E-state index contributed by atoms with van der Waals surface area (Å²) < 4.78 is 2.06. The van der Waals surface area contributed by atoms with Gasteiger partial charge in [-0.2, -0.15) is 0 Å². The minimum atomic E-state index is 0.196. The van der Waals surface area contributed by atoms with Crippen molar-refractivity contribution in [3.63, 3.8) is 0 Å². The molecule has 0 atom stereocenters. The highest BCUT2D eigenvalue weighted by atomic mass is 32.1. The lowest BCUT2D eigenvalue weighted by Gasteiger charge is -2.21. The van der Waals surface area contributed by atoms with E-state index in [1.807, 2.05) is 29.7 Å². The monoisotopic (exact) mass is 347 g/mol. The Bertz CT molecular complexity index is 680. The van der Waals surface area contributed by atoms with Gasteiger partial charge in [-0.05, 0) is 12.8 Å². The number of carbonyl (C=O) groups excluding carboxylic acids is 1. The molecule has 0 N–H and O–H groups in total. The third kappa shape index (κ3) is 4.21. The molecule has 6 nitrogen and oxygen atoms in total. The van der Waals surface area contributed by atoms with E-state index in [-0.39, 0.29) is 5.91 Å². The van der Waals surface area contributed by atoms with Gasteiger partial charge in [0, 0.05) is 51.0 Å². The molecule has 0 saturated carbocycles. The SMILES string of the molecule is CCc1nc(CC(=O)N2CCCN(Cc3nccn3C)CC2)cs1. The highest BCUT2D eigenvalue weighted by molar-refractivity contribution is 7.09. The molecule has 24 heavy (non-hydrogen) atoms. The van der Waals surface area contributed by atoms with E-state index in [4.69, 9.17) is 0 Å². The van der Waals surface area contributed by atoms with E-state index in [1.54, 1.807) is 11.3 Å². The number of aryl methyl sites for hydroxylation is 2. The Morgan fingerprint density at radius 2 is 2.17 bits per heavy atom. The molecule has 0 aromatic carbocycles. The second-order valence-corrected chi connectivity index (χ2v) is 7.17. The number of nitrogens with zero attached hydrogens (tertiary/aromatic N) is 5. The predicted octanol–water partition coefficient (Wildman–Crippen LogP) is 1.72. The minimum absolute atomic E-state index is 0.196. The zero-order chi connectivity index (χ0) is 16.9. The first-order valence-electron chi connectivity index (χ1n) is 8.55. The van der Waals surface area contributed by atoms with Crippen molar-refractivity contribution in [1.29, 1.82) is 0 Å². The van der Waals surface area contributed by atoms with Gasteiger partial charge in [0.1, 0.15) is 5.82 Å². The predicted molar refractivity (Wildman–Crippen MR) is 94.9 cm³/mol. The van der Waals surface area contributed by atoms with Crippen molar-refractivity contribution in [1.82, 2.24) is 24.3 Å². The first-order valence-corrected chi connectivity index (χ1v) is 9.43. The second-order valence-electron chi connectivity index (χ2n) is 6.23. The number of carbonyl (C=O) groups is 1. The quantitative estimate of drug-likeness (QED) is 0.826. The Labute approximate surface area is 147 Å². The summed E-state index contributed by atoms with van der Waals surface area (Å²) in [7, 11) is 2.02. The van der Waals surface area contributed by atoms with Gasteiger partial charge in [0.05, 0.1) is 23.7 Å². The Morgan fingerprint density at radius 3 is 2.88 bits per heavy atom. The van der Waals surface area contributed by atoms with E-state index in [1.165, 1.54) is 0 Å². The summed E-state index contributed by atoms with van der Waals surface area (Å²) in [4.78, 5) is 25.8. The van der Waals surface area contributed by atoms with E-state index >= 15 is 0 Å². The maximum absolute atomic E-state index is 12.6. The van der Waals surface area contributed by atoms with E-state index in [2.05, 4.69) is 26.4 Å². The molecule has 2 aromatic rings. The Balaban J connectivity index is 1.52. The molecule has 0 radical (unpaired) electrons. The van der Waals surface area contributed by atoms with E-state index in [9.17, 15) is 4.79 Å². The van der Waals surface area contributed by atoms with E-state index < -0.39 is 0 Å². The molecule has 3 heterocycles.